The number of hydrogen-bond donors (Lipinski definition) is 1. The third kappa shape index (κ3) is 3.44. The number of aryl methyl sites for hydroxylation is 2. The quantitative estimate of drug-likeness (QED) is 0.761. The van der Waals surface area contributed by atoms with E-state index in [-0.39, 0.29) is 6.04 Å². The van der Waals surface area contributed by atoms with Crippen molar-refractivity contribution in [1.82, 2.24) is 4.98 Å². The lowest BCUT2D eigenvalue weighted by molar-refractivity contribution is 0.878. The van der Waals surface area contributed by atoms with Crippen molar-refractivity contribution in [3.05, 3.63) is 57.3 Å². The Bertz CT molecular complexity index is 571. The topological polar surface area (TPSA) is 24.9 Å². The van der Waals surface area contributed by atoms with Crippen LogP contribution >= 0.6 is 23.2 Å². The predicted molar refractivity (Wildman–Crippen MR) is 86.9 cm³/mol. The fourth-order valence-electron chi connectivity index (χ4n) is 2.11. The van der Waals surface area contributed by atoms with Crippen molar-refractivity contribution in [2.24, 2.45) is 0 Å². The molecule has 0 saturated heterocycles. The van der Waals surface area contributed by atoms with Crippen LogP contribution in [-0.4, -0.2) is 4.98 Å². The molecular formula is C16H18Cl2N2. The molecule has 4 heteroatoms. The van der Waals surface area contributed by atoms with E-state index in [2.05, 4.69) is 48.4 Å². The summed E-state index contributed by atoms with van der Waals surface area (Å²) < 4.78 is 0. The zero-order valence-electron chi connectivity index (χ0n) is 11.9. The number of halogens is 2. The number of pyridine rings is 1. The van der Waals surface area contributed by atoms with E-state index in [0.29, 0.717) is 10.3 Å². The molecule has 1 N–H and O–H groups in total. The molecule has 0 bridgehead atoms. The highest BCUT2D eigenvalue weighted by Crippen LogP contribution is 2.30. The number of benzene rings is 1. The van der Waals surface area contributed by atoms with Crippen LogP contribution in [0.5, 0.6) is 0 Å². The average Bonchev–Trinajstić information content (AvgIpc) is 2.42. The van der Waals surface area contributed by atoms with E-state index in [1.54, 1.807) is 0 Å². The SMILES string of the molecule is CCc1ccc(C(C)Nc2c(C)cc(Cl)nc2Cl)cc1. The Morgan fingerprint density at radius 3 is 2.40 bits per heavy atom. The first-order valence-corrected chi connectivity index (χ1v) is 7.45. The van der Waals surface area contributed by atoms with Crippen LogP contribution in [0, 0.1) is 6.92 Å². The van der Waals surface area contributed by atoms with Crippen LogP contribution in [0.4, 0.5) is 5.69 Å². The molecule has 0 amide bonds. The Hall–Kier alpha value is -1.25. The van der Waals surface area contributed by atoms with Gasteiger partial charge in [-0.1, -0.05) is 54.4 Å². The Morgan fingerprint density at radius 2 is 1.85 bits per heavy atom. The molecule has 1 aromatic carbocycles. The third-order valence-electron chi connectivity index (χ3n) is 3.39. The van der Waals surface area contributed by atoms with Gasteiger partial charge in [0.25, 0.3) is 0 Å². The second-order valence-electron chi connectivity index (χ2n) is 4.89. The maximum atomic E-state index is 6.16. The van der Waals surface area contributed by atoms with Crippen molar-refractivity contribution in [2.75, 3.05) is 5.32 Å². The van der Waals surface area contributed by atoms with Crippen LogP contribution in [0.1, 0.15) is 36.6 Å². The van der Waals surface area contributed by atoms with Gasteiger partial charge in [0.1, 0.15) is 5.15 Å². The van der Waals surface area contributed by atoms with Crippen molar-refractivity contribution >= 4 is 28.9 Å². The van der Waals surface area contributed by atoms with E-state index in [9.17, 15) is 0 Å². The lowest BCUT2D eigenvalue weighted by Crippen LogP contribution is -2.09. The summed E-state index contributed by atoms with van der Waals surface area (Å²) in [5, 5.41) is 4.23. The highest BCUT2D eigenvalue weighted by molar-refractivity contribution is 6.34. The summed E-state index contributed by atoms with van der Waals surface area (Å²) >= 11 is 12.0. The van der Waals surface area contributed by atoms with Crippen molar-refractivity contribution in [1.29, 1.82) is 0 Å². The Kier molecular flexibility index (Phi) is 4.90. The molecule has 0 radical (unpaired) electrons. The van der Waals surface area contributed by atoms with Crippen LogP contribution in [0.2, 0.25) is 10.3 Å². The first-order chi connectivity index (χ1) is 9.51. The largest absolute Gasteiger partial charge is 0.376 e. The second kappa shape index (κ2) is 6.47. The van der Waals surface area contributed by atoms with E-state index < -0.39 is 0 Å². The van der Waals surface area contributed by atoms with Gasteiger partial charge in [0.05, 0.1) is 5.69 Å². The van der Waals surface area contributed by atoms with Gasteiger partial charge in [0.15, 0.2) is 5.15 Å². The zero-order chi connectivity index (χ0) is 14.7. The number of anilines is 1. The van der Waals surface area contributed by atoms with Gasteiger partial charge in [0.2, 0.25) is 0 Å². The van der Waals surface area contributed by atoms with Gasteiger partial charge < -0.3 is 5.32 Å². The highest BCUT2D eigenvalue weighted by atomic mass is 35.5. The lowest BCUT2D eigenvalue weighted by atomic mass is 10.0. The van der Waals surface area contributed by atoms with Crippen molar-refractivity contribution in [3.8, 4) is 0 Å². The Balaban J connectivity index is 2.20. The first kappa shape index (κ1) is 15.1. The van der Waals surface area contributed by atoms with Crippen LogP contribution < -0.4 is 5.32 Å². The molecular weight excluding hydrogens is 291 g/mol. The van der Waals surface area contributed by atoms with Gasteiger partial charge in [0, 0.05) is 6.04 Å². The summed E-state index contributed by atoms with van der Waals surface area (Å²) in [7, 11) is 0. The Morgan fingerprint density at radius 1 is 1.20 bits per heavy atom. The van der Waals surface area contributed by atoms with Crippen molar-refractivity contribution in [2.45, 2.75) is 33.2 Å². The zero-order valence-corrected chi connectivity index (χ0v) is 13.4. The van der Waals surface area contributed by atoms with Crippen molar-refractivity contribution < 1.29 is 0 Å². The molecule has 2 aromatic rings. The van der Waals surface area contributed by atoms with Crippen LogP contribution in [0.25, 0.3) is 0 Å². The molecule has 0 aliphatic heterocycles. The van der Waals surface area contributed by atoms with E-state index in [4.69, 9.17) is 23.2 Å². The summed E-state index contributed by atoms with van der Waals surface area (Å²) in [4.78, 5) is 4.08. The number of rotatable bonds is 4. The third-order valence-corrected chi connectivity index (χ3v) is 3.86. The van der Waals surface area contributed by atoms with Gasteiger partial charge in [-0.05, 0) is 43.0 Å². The predicted octanol–water partition coefficient (Wildman–Crippen LogP) is 5.43. The normalized spacial score (nSPS) is 12.2. The van der Waals surface area contributed by atoms with Gasteiger partial charge in [-0.25, -0.2) is 4.98 Å². The van der Waals surface area contributed by atoms with Crippen molar-refractivity contribution in [3.63, 3.8) is 0 Å². The molecule has 2 nitrogen and oxygen atoms in total. The molecule has 106 valence electrons. The van der Waals surface area contributed by atoms with Crippen LogP contribution in [0.15, 0.2) is 30.3 Å². The molecule has 1 heterocycles. The smallest absolute Gasteiger partial charge is 0.154 e. The van der Waals surface area contributed by atoms with Gasteiger partial charge in [-0.2, -0.15) is 0 Å². The van der Waals surface area contributed by atoms with Crippen LogP contribution in [-0.2, 0) is 6.42 Å². The molecule has 0 aliphatic carbocycles. The summed E-state index contributed by atoms with van der Waals surface area (Å²) in [5.74, 6) is 0. The second-order valence-corrected chi connectivity index (χ2v) is 5.63. The molecule has 0 spiro atoms. The monoisotopic (exact) mass is 308 g/mol. The lowest BCUT2D eigenvalue weighted by Gasteiger charge is -2.18. The molecule has 1 unspecified atom stereocenters. The molecule has 1 atom stereocenters. The number of nitrogens with one attached hydrogen (secondary N) is 1. The average molecular weight is 309 g/mol. The molecule has 0 saturated carbocycles. The fourth-order valence-corrected chi connectivity index (χ4v) is 2.70. The van der Waals surface area contributed by atoms with E-state index >= 15 is 0 Å². The summed E-state index contributed by atoms with van der Waals surface area (Å²) in [5.41, 5.74) is 4.38. The number of hydrogen-bond acceptors (Lipinski definition) is 2. The molecule has 0 aliphatic rings. The first-order valence-electron chi connectivity index (χ1n) is 6.69. The standard InChI is InChI=1S/C16H18Cl2N2/c1-4-12-5-7-13(8-6-12)11(3)19-15-10(2)9-14(17)20-16(15)18/h5-9,11,19H,4H2,1-3H3. The summed E-state index contributed by atoms with van der Waals surface area (Å²) in [6.07, 6.45) is 1.05. The maximum Gasteiger partial charge on any atom is 0.154 e. The van der Waals surface area contributed by atoms with Gasteiger partial charge in [-0.3, -0.25) is 0 Å². The van der Waals surface area contributed by atoms with Gasteiger partial charge in [-0.15, -0.1) is 0 Å². The highest BCUT2D eigenvalue weighted by Gasteiger charge is 2.12. The molecule has 2 rings (SSSR count). The minimum atomic E-state index is 0.153. The fraction of sp³-hybridized carbons (Fsp3) is 0.312. The Labute approximate surface area is 130 Å². The molecule has 0 fully saturated rings. The minimum Gasteiger partial charge on any atom is -0.376 e. The molecule has 20 heavy (non-hydrogen) atoms. The van der Waals surface area contributed by atoms with Gasteiger partial charge >= 0.3 is 0 Å². The van der Waals surface area contributed by atoms with E-state index in [0.717, 1.165) is 17.7 Å². The summed E-state index contributed by atoms with van der Waals surface area (Å²) in [6.45, 7) is 6.22. The summed E-state index contributed by atoms with van der Waals surface area (Å²) in [6, 6.07) is 10.6. The van der Waals surface area contributed by atoms with Crippen LogP contribution in [0.3, 0.4) is 0 Å². The minimum absolute atomic E-state index is 0.153. The maximum absolute atomic E-state index is 6.16. The van der Waals surface area contributed by atoms with E-state index in [1.807, 2.05) is 13.0 Å². The number of aromatic nitrogens is 1. The molecule has 1 aromatic heterocycles. The van der Waals surface area contributed by atoms with E-state index in [1.165, 1.54) is 11.1 Å². The number of nitrogens with zero attached hydrogens (tertiary/aromatic N) is 1.